The molecule has 2 aliphatic heterocycles. The first-order valence-electron chi connectivity index (χ1n) is 7.35. The molecule has 5 nitrogen and oxygen atoms in total. The van der Waals surface area contributed by atoms with Crippen LogP contribution in [0, 0.1) is 5.92 Å². The molecule has 2 saturated heterocycles. The summed E-state index contributed by atoms with van der Waals surface area (Å²) in [5, 5.41) is 4.94. The van der Waals surface area contributed by atoms with Gasteiger partial charge in [-0.2, -0.15) is 0 Å². The van der Waals surface area contributed by atoms with Gasteiger partial charge in [0.1, 0.15) is 0 Å². The molecule has 2 fully saturated rings. The molecule has 0 aliphatic carbocycles. The third kappa shape index (κ3) is 2.96. The van der Waals surface area contributed by atoms with Crippen molar-refractivity contribution in [3.8, 4) is 0 Å². The van der Waals surface area contributed by atoms with E-state index in [1.807, 2.05) is 17.5 Å². The molecule has 2 amide bonds. The Morgan fingerprint density at radius 3 is 3.10 bits per heavy atom. The fourth-order valence-corrected chi connectivity index (χ4v) is 4.04. The van der Waals surface area contributed by atoms with Crippen molar-refractivity contribution in [1.29, 1.82) is 0 Å². The summed E-state index contributed by atoms with van der Waals surface area (Å²) in [6, 6.07) is 3.81. The van der Waals surface area contributed by atoms with Crippen molar-refractivity contribution >= 4 is 23.2 Å². The molecule has 6 heteroatoms. The number of thiophene rings is 1. The molecule has 3 heterocycles. The lowest BCUT2D eigenvalue weighted by atomic mass is 9.98. The Morgan fingerprint density at radius 1 is 1.57 bits per heavy atom. The van der Waals surface area contributed by atoms with Crippen LogP contribution in [0.4, 0.5) is 0 Å². The van der Waals surface area contributed by atoms with Gasteiger partial charge in [-0.3, -0.25) is 9.59 Å². The Hall–Kier alpha value is -1.40. The van der Waals surface area contributed by atoms with E-state index in [4.69, 9.17) is 4.74 Å². The largest absolute Gasteiger partial charge is 0.376 e. The summed E-state index contributed by atoms with van der Waals surface area (Å²) < 4.78 is 5.52. The van der Waals surface area contributed by atoms with Gasteiger partial charge in [0.25, 0.3) is 0 Å². The molecular weight excluding hydrogens is 288 g/mol. The van der Waals surface area contributed by atoms with Crippen molar-refractivity contribution in [2.45, 2.75) is 31.4 Å². The molecule has 3 rings (SSSR count). The van der Waals surface area contributed by atoms with Gasteiger partial charge in [-0.25, -0.2) is 0 Å². The molecule has 0 saturated carbocycles. The van der Waals surface area contributed by atoms with E-state index >= 15 is 0 Å². The van der Waals surface area contributed by atoms with Gasteiger partial charge < -0.3 is 15.0 Å². The third-order valence-electron chi connectivity index (χ3n) is 4.29. The normalized spacial score (nSPS) is 29.1. The second-order valence-corrected chi connectivity index (χ2v) is 6.63. The Balaban J connectivity index is 1.67. The fraction of sp³-hybridized carbons (Fsp3) is 0.600. The minimum Gasteiger partial charge on any atom is -0.376 e. The summed E-state index contributed by atoms with van der Waals surface area (Å²) in [6.45, 7) is 1.33. The van der Waals surface area contributed by atoms with Crippen LogP contribution in [-0.2, 0) is 14.3 Å². The van der Waals surface area contributed by atoms with Crippen molar-refractivity contribution in [3.63, 3.8) is 0 Å². The standard InChI is InChI=1S/C15H20N2O3S/c1-17-13(18)8-11(14(17)12-5-3-7-21-12)15(19)16-9-10-4-2-6-20-10/h3,5,7,10-11,14H,2,4,6,8-9H2,1H3,(H,16,19). The summed E-state index contributed by atoms with van der Waals surface area (Å²) in [5.74, 6) is -0.310. The Bertz CT molecular complexity index is 511. The monoisotopic (exact) mass is 308 g/mol. The van der Waals surface area contributed by atoms with Crippen LogP contribution in [0.5, 0.6) is 0 Å². The fourth-order valence-electron chi connectivity index (χ4n) is 3.10. The van der Waals surface area contributed by atoms with Gasteiger partial charge in [0.15, 0.2) is 0 Å². The first-order chi connectivity index (χ1) is 10.2. The van der Waals surface area contributed by atoms with E-state index in [0.717, 1.165) is 24.3 Å². The molecule has 3 atom stereocenters. The molecule has 1 N–H and O–H groups in total. The van der Waals surface area contributed by atoms with Crippen LogP contribution in [-0.4, -0.2) is 43.0 Å². The molecule has 0 bridgehead atoms. The number of likely N-dealkylation sites (tertiary alicyclic amines) is 1. The predicted octanol–water partition coefficient (Wildman–Crippen LogP) is 1.56. The lowest BCUT2D eigenvalue weighted by molar-refractivity contribution is -0.128. The summed E-state index contributed by atoms with van der Waals surface area (Å²) >= 11 is 1.59. The molecule has 0 radical (unpaired) electrons. The highest BCUT2D eigenvalue weighted by molar-refractivity contribution is 7.10. The van der Waals surface area contributed by atoms with Crippen molar-refractivity contribution in [2.24, 2.45) is 5.92 Å². The quantitative estimate of drug-likeness (QED) is 0.918. The Morgan fingerprint density at radius 2 is 2.43 bits per heavy atom. The van der Waals surface area contributed by atoms with Crippen LogP contribution in [0.3, 0.4) is 0 Å². The summed E-state index contributed by atoms with van der Waals surface area (Å²) in [7, 11) is 1.78. The van der Waals surface area contributed by atoms with Crippen LogP contribution in [0.1, 0.15) is 30.2 Å². The topological polar surface area (TPSA) is 58.6 Å². The molecule has 1 aromatic rings. The second-order valence-electron chi connectivity index (χ2n) is 5.66. The molecule has 21 heavy (non-hydrogen) atoms. The molecule has 114 valence electrons. The number of nitrogens with one attached hydrogen (secondary N) is 1. The van der Waals surface area contributed by atoms with Gasteiger partial charge >= 0.3 is 0 Å². The number of ether oxygens (including phenoxy) is 1. The van der Waals surface area contributed by atoms with E-state index < -0.39 is 0 Å². The van der Waals surface area contributed by atoms with Gasteiger partial charge in [0.2, 0.25) is 11.8 Å². The van der Waals surface area contributed by atoms with Crippen molar-refractivity contribution in [1.82, 2.24) is 10.2 Å². The first-order valence-corrected chi connectivity index (χ1v) is 8.23. The maximum absolute atomic E-state index is 12.5. The molecular formula is C15H20N2O3S. The van der Waals surface area contributed by atoms with Crippen LogP contribution in [0.2, 0.25) is 0 Å². The highest BCUT2D eigenvalue weighted by Gasteiger charge is 2.43. The van der Waals surface area contributed by atoms with E-state index in [-0.39, 0.29) is 36.3 Å². The molecule has 0 spiro atoms. The zero-order chi connectivity index (χ0) is 14.8. The molecule has 2 aliphatic rings. The van der Waals surface area contributed by atoms with Gasteiger partial charge in [-0.05, 0) is 24.3 Å². The van der Waals surface area contributed by atoms with E-state index in [0.29, 0.717) is 6.54 Å². The minimum absolute atomic E-state index is 0.0330. The smallest absolute Gasteiger partial charge is 0.226 e. The van der Waals surface area contributed by atoms with E-state index in [1.165, 1.54) is 0 Å². The highest BCUT2D eigenvalue weighted by atomic mass is 32.1. The average molecular weight is 308 g/mol. The van der Waals surface area contributed by atoms with Gasteiger partial charge in [0.05, 0.1) is 18.1 Å². The first kappa shape index (κ1) is 14.5. The zero-order valence-corrected chi connectivity index (χ0v) is 12.9. The van der Waals surface area contributed by atoms with Gasteiger partial charge in [-0.1, -0.05) is 6.07 Å². The number of hydrogen-bond donors (Lipinski definition) is 1. The molecule has 3 unspecified atom stereocenters. The van der Waals surface area contributed by atoms with Gasteiger partial charge in [-0.15, -0.1) is 11.3 Å². The van der Waals surface area contributed by atoms with E-state index in [1.54, 1.807) is 23.3 Å². The number of carbonyl (C=O) groups is 2. The molecule has 0 aromatic carbocycles. The van der Waals surface area contributed by atoms with Gasteiger partial charge in [0, 0.05) is 31.5 Å². The number of hydrogen-bond acceptors (Lipinski definition) is 4. The predicted molar refractivity (Wildman–Crippen MR) is 79.9 cm³/mol. The maximum atomic E-state index is 12.5. The van der Waals surface area contributed by atoms with Crippen molar-refractivity contribution < 1.29 is 14.3 Å². The summed E-state index contributed by atoms with van der Waals surface area (Å²) in [5.41, 5.74) is 0. The average Bonchev–Trinajstić information content (AvgIpc) is 3.19. The Kier molecular flexibility index (Phi) is 4.26. The van der Waals surface area contributed by atoms with Crippen LogP contribution >= 0.6 is 11.3 Å². The number of amides is 2. The van der Waals surface area contributed by atoms with Crippen LogP contribution in [0.15, 0.2) is 17.5 Å². The van der Waals surface area contributed by atoms with Crippen molar-refractivity contribution in [3.05, 3.63) is 22.4 Å². The summed E-state index contributed by atoms with van der Waals surface area (Å²) in [4.78, 5) is 27.2. The summed E-state index contributed by atoms with van der Waals surface area (Å²) in [6.07, 6.45) is 2.47. The molecule has 1 aromatic heterocycles. The van der Waals surface area contributed by atoms with E-state index in [9.17, 15) is 9.59 Å². The SMILES string of the molecule is CN1C(=O)CC(C(=O)NCC2CCCO2)C1c1cccs1. The highest BCUT2D eigenvalue weighted by Crippen LogP contribution is 2.39. The number of rotatable bonds is 4. The second kappa shape index (κ2) is 6.15. The van der Waals surface area contributed by atoms with E-state index in [2.05, 4.69) is 5.32 Å². The van der Waals surface area contributed by atoms with Crippen molar-refractivity contribution in [2.75, 3.05) is 20.2 Å². The third-order valence-corrected chi connectivity index (χ3v) is 5.23. The van der Waals surface area contributed by atoms with Crippen LogP contribution < -0.4 is 5.32 Å². The number of nitrogens with zero attached hydrogens (tertiary/aromatic N) is 1. The number of carbonyl (C=O) groups excluding carboxylic acids is 2. The lowest BCUT2D eigenvalue weighted by Gasteiger charge is -2.23. The minimum atomic E-state index is -0.303. The Labute approximate surface area is 128 Å². The van der Waals surface area contributed by atoms with Crippen LogP contribution in [0.25, 0.3) is 0 Å². The lowest BCUT2D eigenvalue weighted by Crippen LogP contribution is -2.38. The maximum Gasteiger partial charge on any atom is 0.226 e. The zero-order valence-electron chi connectivity index (χ0n) is 12.1.